The molecule has 15 heavy (non-hydrogen) atoms. The first-order chi connectivity index (χ1) is 7.02. The second-order valence-corrected chi connectivity index (χ2v) is 3.30. The standard InChI is InChI=1S/C8H14N2O4S/c9-5(4-15)7(12)10-6(8(13)14)2-1-3-11/h3,5-6,15H,1-2,4,9H2,(H,10,12)(H,13,14)/t5-,6-/m0/s1. The molecule has 0 aromatic heterocycles. The molecule has 0 saturated heterocycles. The topological polar surface area (TPSA) is 109 Å². The Labute approximate surface area is 92.6 Å². The molecule has 0 aliphatic carbocycles. The number of hydrogen-bond donors (Lipinski definition) is 4. The Balaban J connectivity index is 4.21. The van der Waals surface area contributed by atoms with Crippen molar-refractivity contribution in [3.05, 3.63) is 0 Å². The number of carbonyl (C=O) groups is 3. The molecule has 0 radical (unpaired) electrons. The van der Waals surface area contributed by atoms with Gasteiger partial charge in [0.25, 0.3) is 0 Å². The zero-order valence-corrected chi connectivity index (χ0v) is 8.94. The summed E-state index contributed by atoms with van der Waals surface area (Å²) in [4.78, 5) is 31.9. The number of aldehydes is 1. The minimum Gasteiger partial charge on any atom is -0.480 e. The van der Waals surface area contributed by atoms with Crippen LogP contribution in [0.5, 0.6) is 0 Å². The van der Waals surface area contributed by atoms with Gasteiger partial charge in [-0.05, 0) is 6.42 Å². The molecule has 7 heteroatoms. The lowest BCUT2D eigenvalue weighted by molar-refractivity contribution is -0.142. The van der Waals surface area contributed by atoms with Gasteiger partial charge in [-0.1, -0.05) is 0 Å². The van der Waals surface area contributed by atoms with E-state index < -0.39 is 24.0 Å². The summed E-state index contributed by atoms with van der Waals surface area (Å²) in [5, 5.41) is 10.9. The third-order valence-electron chi connectivity index (χ3n) is 1.72. The monoisotopic (exact) mass is 234 g/mol. The highest BCUT2D eigenvalue weighted by Gasteiger charge is 2.21. The fourth-order valence-electron chi connectivity index (χ4n) is 0.854. The average Bonchev–Trinajstić information content (AvgIpc) is 2.22. The Morgan fingerprint density at radius 2 is 2.13 bits per heavy atom. The van der Waals surface area contributed by atoms with Gasteiger partial charge in [0.1, 0.15) is 12.3 Å². The van der Waals surface area contributed by atoms with E-state index in [1.165, 1.54) is 0 Å². The first kappa shape index (κ1) is 13.9. The van der Waals surface area contributed by atoms with Gasteiger partial charge in [-0.15, -0.1) is 0 Å². The molecule has 0 aromatic carbocycles. The number of aliphatic carboxylic acids is 1. The van der Waals surface area contributed by atoms with E-state index in [0.717, 1.165) is 0 Å². The first-order valence-electron chi connectivity index (χ1n) is 4.36. The summed E-state index contributed by atoms with van der Waals surface area (Å²) in [5.41, 5.74) is 5.34. The zero-order chi connectivity index (χ0) is 11.8. The van der Waals surface area contributed by atoms with Gasteiger partial charge in [0, 0.05) is 12.2 Å². The Hall–Kier alpha value is -1.08. The Kier molecular flexibility index (Phi) is 6.72. The fraction of sp³-hybridized carbons (Fsp3) is 0.625. The van der Waals surface area contributed by atoms with Crippen LogP contribution in [0.3, 0.4) is 0 Å². The lowest BCUT2D eigenvalue weighted by Gasteiger charge is -2.15. The van der Waals surface area contributed by atoms with E-state index in [0.29, 0.717) is 6.29 Å². The molecule has 0 aliphatic rings. The van der Waals surface area contributed by atoms with Crippen LogP contribution in [0, 0.1) is 0 Å². The second-order valence-electron chi connectivity index (χ2n) is 2.93. The van der Waals surface area contributed by atoms with Crippen LogP contribution >= 0.6 is 12.6 Å². The van der Waals surface area contributed by atoms with Gasteiger partial charge in [-0.25, -0.2) is 4.79 Å². The molecule has 0 bridgehead atoms. The van der Waals surface area contributed by atoms with Crippen molar-refractivity contribution in [3.63, 3.8) is 0 Å². The summed E-state index contributed by atoms with van der Waals surface area (Å²) in [7, 11) is 0. The zero-order valence-electron chi connectivity index (χ0n) is 8.05. The molecule has 0 saturated carbocycles. The van der Waals surface area contributed by atoms with Crippen LogP contribution in [0.1, 0.15) is 12.8 Å². The number of nitrogens with two attached hydrogens (primary N) is 1. The molecular weight excluding hydrogens is 220 g/mol. The number of carbonyl (C=O) groups excluding carboxylic acids is 2. The third kappa shape index (κ3) is 5.38. The largest absolute Gasteiger partial charge is 0.480 e. The lowest BCUT2D eigenvalue weighted by Crippen LogP contribution is -2.49. The summed E-state index contributed by atoms with van der Waals surface area (Å²) in [6.07, 6.45) is 0.734. The minimum atomic E-state index is -1.18. The number of carboxylic acids is 1. The second kappa shape index (κ2) is 7.24. The molecule has 0 fully saturated rings. The van der Waals surface area contributed by atoms with Crippen LogP contribution in [0.15, 0.2) is 0 Å². The molecule has 0 unspecified atom stereocenters. The van der Waals surface area contributed by atoms with Crippen LogP contribution in [0.4, 0.5) is 0 Å². The van der Waals surface area contributed by atoms with Gasteiger partial charge in [-0.3, -0.25) is 4.79 Å². The van der Waals surface area contributed by atoms with Crippen molar-refractivity contribution in [2.45, 2.75) is 24.9 Å². The van der Waals surface area contributed by atoms with Gasteiger partial charge in [-0.2, -0.15) is 12.6 Å². The van der Waals surface area contributed by atoms with E-state index in [1.54, 1.807) is 0 Å². The van der Waals surface area contributed by atoms with Crippen molar-refractivity contribution in [1.29, 1.82) is 0 Å². The lowest BCUT2D eigenvalue weighted by atomic mass is 10.1. The van der Waals surface area contributed by atoms with Crippen LogP contribution in [-0.4, -0.2) is 41.1 Å². The molecule has 0 rings (SSSR count). The summed E-state index contributed by atoms with van der Waals surface area (Å²) in [5.74, 6) is -1.63. The minimum absolute atomic E-state index is 0.0594. The number of nitrogens with one attached hydrogen (secondary N) is 1. The maximum atomic E-state index is 11.2. The molecule has 0 aliphatic heterocycles. The van der Waals surface area contributed by atoms with E-state index >= 15 is 0 Å². The molecule has 0 heterocycles. The summed E-state index contributed by atoms with van der Waals surface area (Å²) >= 11 is 3.81. The molecule has 0 spiro atoms. The van der Waals surface area contributed by atoms with E-state index in [2.05, 4.69) is 17.9 Å². The van der Waals surface area contributed by atoms with Crippen LogP contribution < -0.4 is 11.1 Å². The predicted octanol–water partition coefficient (Wildman–Crippen LogP) is -1.21. The van der Waals surface area contributed by atoms with Gasteiger partial charge in [0.2, 0.25) is 5.91 Å². The summed E-state index contributed by atoms with van der Waals surface area (Å²) < 4.78 is 0. The Morgan fingerprint density at radius 3 is 2.53 bits per heavy atom. The quantitative estimate of drug-likeness (QED) is 0.326. The smallest absolute Gasteiger partial charge is 0.326 e. The Bertz CT molecular complexity index is 247. The van der Waals surface area contributed by atoms with Gasteiger partial charge < -0.3 is 21.0 Å². The fourth-order valence-corrected chi connectivity index (χ4v) is 1.02. The molecule has 0 aromatic rings. The van der Waals surface area contributed by atoms with Crippen molar-refractivity contribution in [3.8, 4) is 0 Å². The van der Waals surface area contributed by atoms with Crippen LogP contribution in [-0.2, 0) is 14.4 Å². The van der Waals surface area contributed by atoms with E-state index in [9.17, 15) is 14.4 Å². The SMILES string of the molecule is N[C@@H](CS)C(=O)N[C@@H](CCC=O)C(=O)O. The number of thiol groups is 1. The van der Waals surface area contributed by atoms with Crippen LogP contribution in [0.2, 0.25) is 0 Å². The van der Waals surface area contributed by atoms with Crippen molar-refractivity contribution in [2.75, 3.05) is 5.75 Å². The van der Waals surface area contributed by atoms with Crippen molar-refractivity contribution in [1.82, 2.24) is 5.32 Å². The van der Waals surface area contributed by atoms with E-state index in [1.807, 2.05) is 0 Å². The maximum absolute atomic E-state index is 11.2. The molecule has 2 atom stereocenters. The highest BCUT2D eigenvalue weighted by Crippen LogP contribution is 1.97. The number of amides is 1. The van der Waals surface area contributed by atoms with Crippen molar-refractivity contribution < 1.29 is 19.5 Å². The number of hydrogen-bond acceptors (Lipinski definition) is 5. The van der Waals surface area contributed by atoms with E-state index in [4.69, 9.17) is 10.8 Å². The predicted molar refractivity (Wildman–Crippen MR) is 56.7 cm³/mol. The van der Waals surface area contributed by atoms with Crippen LogP contribution in [0.25, 0.3) is 0 Å². The first-order valence-corrected chi connectivity index (χ1v) is 4.99. The molecule has 86 valence electrons. The molecule has 6 nitrogen and oxygen atoms in total. The van der Waals surface area contributed by atoms with Gasteiger partial charge in [0.05, 0.1) is 6.04 Å². The average molecular weight is 234 g/mol. The molecule has 1 amide bonds. The Morgan fingerprint density at radius 1 is 1.53 bits per heavy atom. The van der Waals surface area contributed by atoms with Crippen molar-refractivity contribution >= 4 is 30.8 Å². The van der Waals surface area contributed by atoms with E-state index in [-0.39, 0.29) is 18.6 Å². The maximum Gasteiger partial charge on any atom is 0.326 e. The number of rotatable bonds is 7. The normalized spacial score (nSPS) is 14.0. The highest BCUT2D eigenvalue weighted by molar-refractivity contribution is 7.80. The molecular formula is C8H14N2O4S. The van der Waals surface area contributed by atoms with Gasteiger partial charge >= 0.3 is 5.97 Å². The third-order valence-corrected chi connectivity index (χ3v) is 2.11. The number of carboxylic acid groups (broad SMARTS) is 1. The summed E-state index contributed by atoms with van der Waals surface area (Å²) in [6.45, 7) is 0. The van der Waals surface area contributed by atoms with Gasteiger partial charge in [0.15, 0.2) is 0 Å². The summed E-state index contributed by atoms with van der Waals surface area (Å²) in [6, 6.07) is -1.92. The van der Waals surface area contributed by atoms with Crippen molar-refractivity contribution in [2.24, 2.45) is 5.73 Å². The molecule has 4 N–H and O–H groups in total. The highest BCUT2D eigenvalue weighted by atomic mass is 32.1.